The van der Waals surface area contributed by atoms with E-state index in [0.717, 1.165) is 25.1 Å². The molecule has 1 amide bonds. The third-order valence-corrected chi connectivity index (χ3v) is 4.81. The summed E-state index contributed by atoms with van der Waals surface area (Å²) in [5.41, 5.74) is 0.876. The molecule has 0 aliphatic carbocycles. The minimum atomic E-state index is -0.0730. The largest absolute Gasteiger partial charge is 0.396 e. The number of aliphatic hydroxyl groups is 1. The van der Waals surface area contributed by atoms with Crippen molar-refractivity contribution in [1.29, 1.82) is 0 Å². The van der Waals surface area contributed by atoms with Gasteiger partial charge < -0.3 is 10.0 Å². The SMILES string of the molecule is CC(C)(CO)CCCN1C(=O)CSC1c1ccccn1. The smallest absolute Gasteiger partial charge is 0.233 e. The molecule has 5 heteroatoms. The van der Waals surface area contributed by atoms with Crippen LogP contribution in [0.25, 0.3) is 0 Å². The summed E-state index contributed by atoms with van der Waals surface area (Å²) in [6.07, 6.45) is 3.59. The van der Waals surface area contributed by atoms with Crippen LogP contribution < -0.4 is 0 Å². The van der Waals surface area contributed by atoms with Crippen LogP contribution in [-0.2, 0) is 4.79 Å². The highest BCUT2D eigenvalue weighted by molar-refractivity contribution is 8.00. The summed E-state index contributed by atoms with van der Waals surface area (Å²) < 4.78 is 0. The fourth-order valence-corrected chi connectivity index (χ4v) is 3.45. The molecule has 1 saturated heterocycles. The molecule has 1 aliphatic rings. The summed E-state index contributed by atoms with van der Waals surface area (Å²) in [5, 5.41) is 9.32. The molecule has 110 valence electrons. The highest BCUT2D eigenvalue weighted by Crippen LogP contribution is 2.37. The standard InChI is InChI=1S/C15H22N2O2S/c1-15(2,11-18)7-5-9-17-13(19)10-20-14(17)12-6-3-4-8-16-12/h3-4,6,8,14,18H,5,7,9-11H2,1-2H3. The van der Waals surface area contributed by atoms with E-state index in [1.165, 1.54) is 0 Å². The molecule has 0 spiro atoms. The van der Waals surface area contributed by atoms with Crippen LogP contribution in [0.3, 0.4) is 0 Å². The molecule has 1 aromatic rings. The van der Waals surface area contributed by atoms with Gasteiger partial charge in [-0.25, -0.2) is 0 Å². The van der Waals surface area contributed by atoms with Crippen LogP contribution >= 0.6 is 11.8 Å². The number of carbonyl (C=O) groups is 1. The van der Waals surface area contributed by atoms with E-state index in [1.54, 1.807) is 18.0 Å². The van der Waals surface area contributed by atoms with Gasteiger partial charge in [-0.05, 0) is 30.4 Å². The van der Waals surface area contributed by atoms with Crippen LogP contribution in [0.5, 0.6) is 0 Å². The van der Waals surface area contributed by atoms with E-state index in [9.17, 15) is 9.90 Å². The lowest BCUT2D eigenvalue weighted by atomic mass is 9.89. The highest BCUT2D eigenvalue weighted by Gasteiger charge is 2.33. The van der Waals surface area contributed by atoms with Gasteiger partial charge in [-0.1, -0.05) is 19.9 Å². The molecule has 2 rings (SSSR count). The van der Waals surface area contributed by atoms with Gasteiger partial charge in [0.2, 0.25) is 5.91 Å². The van der Waals surface area contributed by atoms with Crippen LogP contribution in [0.15, 0.2) is 24.4 Å². The Labute approximate surface area is 124 Å². The third-order valence-electron chi connectivity index (χ3n) is 3.59. The van der Waals surface area contributed by atoms with Gasteiger partial charge in [-0.2, -0.15) is 0 Å². The predicted octanol–water partition coefficient (Wildman–Crippen LogP) is 2.45. The first-order chi connectivity index (χ1) is 9.53. The molecule has 1 unspecified atom stereocenters. The van der Waals surface area contributed by atoms with Gasteiger partial charge in [0, 0.05) is 19.3 Å². The maximum atomic E-state index is 12.0. The van der Waals surface area contributed by atoms with Crippen LogP contribution in [0, 0.1) is 5.41 Å². The summed E-state index contributed by atoms with van der Waals surface area (Å²) in [5.74, 6) is 0.720. The van der Waals surface area contributed by atoms with Crippen molar-refractivity contribution in [3.63, 3.8) is 0 Å². The van der Waals surface area contributed by atoms with Gasteiger partial charge in [0.25, 0.3) is 0 Å². The summed E-state index contributed by atoms with van der Waals surface area (Å²) in [6, 6.07) is 5.82. The second kappa shape index (κ2) is 6.59. The molecular weight excluding hydrogens is 272 g/mol. The van der Waals surface area contributed by atoms with Crippen molar-refractivity contribution in [2.45, 2.75) is 32.1 Å². The van der Waals surface area contributed by atoms with Crippen molar-refractivity contribution in [1.82, 2.24) is 9.88 Å². The molecule has 0 aromatic carbocycles. The normalized spacial score (nSPS) is 19.6. The number of pyridine rings is 1. The average molecular weight is 294 g/mol. The Morgan fingerprint density at radius 2 is 2.30 bits per heavy atom. The number of hydrogen-bond donors (Lipinski definition) is 1. The van der Waals surface area contributed by atoms with E-state index < -0.39 is 0 Å². The third kappa shape index (κ3) is 3.73. The first-order valence-corrected chi connectivity index (χ1v) is 8.01. The summed E-state index contributed by atoms with van der Waals surface area (Å²) in [4.78, 5) is 18.3. The van der Waals surface area contributed by atoms with Gasteiger partial charge in [0.1, 0.15) is 5.37 Å². The van der Waals surface area contributed by atoms with Gasteiger partial charge in [0.15, 0.2) is 0 Å². The second-order valence-corrected chi connectivity index (χ2v) is 7.00. The van der Waals surface area contributed by atoms with Crippen molar-refractivity contribution in [2.24, 2.45) is 5.41 Å². The molecular formula is C15H22N2O2S. The molecule has 4 nitrogen and oxygen atoms in total. The quantitative estimate of drug-likeness (QED) is 0.875. The Kier molecular flexibility index (Phi) is 5.05. The molecule has 1 aliphatic heterocycles. The molecule has 0 bridgehead atoms. The molecule has 1 aromatic heterocycles. The lowest BCUT2D eigenvalue weighted by Gasteiger charge is -2.26. The van der Waals surface area contributed by atoms with E-state index in [2.05, 4.69) is 4.98 Å². The summed E-state index contributed by atoms with van der Waals surface area (Å²) >= 11 is 1.64. The lowest BCUT2D eigenvalue weighted by molar-refractivity contribution is -0.128. The first-order valence-electron chi connectivity index (χ1n) is 6.96. The van der Waals surface area contributed by atoms with Gasteiger partial charge in [-0.3, -0.25) is 9.78 Å². The monoisotopic (exact) mass is 294 g/mol. The molecule has 1 fully saturated rings. The van der Waals surface area contributed by atoms with Crippen LogP contribution in [-0.4, -0.2) is 39.8 Å². The van der Waals surface area contributed by atoms with Crippen LogP contribution in [0.4, 0.5) is 0 Å². The van der Waals surface area contributed by atoms with E-state index in [-0.39, 0.29) is 23.3 Å². The zero-order valence-corrected chi connectivity index (χ0v) is 12.9. The maximum Gasteiger partial charge on any atom is 0.233 e. The lowest BCUT2D eigenvalue weighted by Crippen LogP contribution is -2.30. The number of aliphatic hydroxyl groups excluding tert-OH is 1. The van der Waals surface area contributed by atoms with Crippen molar-refractivity contribution < 1.29 is 9.90 Å². The second-order valence-electron chi connectivity index (χ2n) is 5.93. The highest BCUT2D eigenvalue weighted by atomic mass is 32.2. The average Bonchev–Trinajstić information content (AvgIpc) is 2.81. The fraction of sp³-hybridized carbons (Fsp3) is 0.600. The number of aromatic nitrogens is 1. The van der Waals surface area contributed by atoms with Crippen LogP contribution in [0.1, 0.15) is 37.8 Å². The van der Waals surface area contributed by atoms with Gasteiger partial charge >= 0.3 is 0 Å². The Hall–Kier alpha value is -1.07. The van der Waals surface area contributed by atoms with Crippen molar-refractivity contribution in [2.75, 3.05) is 18.9 Å². The minimum absolute atomic E-state index is 0.0425. The number of nitrogens with zero attached hydrogens (tertiary/aromatic N) is 2. The Balaban J connectivity index is 1.96. The Bertz CT molecular complexity index is 450. The number of thioether (sulfide) groups is 1. The Morgan fingerprint density at radius 1 is 1.50 bits per heavy atom. The van der Waals surface area contributed by atoms with Crippen molar-refractivity contribution in [3.05, 3.63) is 30.1 Å². The minimum Gasteiger partial charge on any atom is -0.396 e. The number of rotatable bonds is 6. The Morgan fingerprint density at radius 3 is 2.95 bits per heavy atom. The molecule has 0 radical (unpaired) electrons. The van der Waals surface area contributed by atoms with E-state index in [4.69, 9.17) is 0 Å². The number of carbonyl (C=O) groups excluding carboxylic acids is 1. The number of hydrogen-bond acceptors (Lipinski definition) is 4. The summed E-state index contributed by atoms with van der Waals surface area (Å²) in [7, 11) is 0. The van der Waals surface area contributed by atoms with Gasteiger partial charge in [0.05, 0.1) is 11.4 Å². The number of amides is 1. The topological polar surface area (TPSA) is 53.4 Å². The van der Waals surface area contributed by atoms with Gasteiger partial charge in [-0.15, -0.1) is 11.8 Å². The molecule has 20 heavy (non-hydrogen) atoms. The molecule has 1 atom stereocenters. The summed E-state index contributed by atoms with van der Waals surface area (Å²) in [6.45, 7) is 5.00. The zero-order chi connectivity index (χ0) is 14.6. The fourth-order valence-electron chi connectivity index (χ4n) is 2.27. The van der Waals surface area contributed by atoms with Crippen molar-refractivity contribution >= 4 is 17.7 Å². The van der Waals surface area contributed by atoms with E-state index >= 15 is 0 Å². The molecule has 0 saturated carbocycles. The molecule has 1 N–H and O–H groups in total. The first kappa shape index (κ1) is 15.3. The molecule has 2 heterocycles. The van der Waals surface area contributed by atoms with Crippen molar-refractivity contribution in [3.8, 4) is 0 Å². The van der Waals surface area contributed by atoms with E-state index in [1.807, 2.05) is 36.9 Å². The maximum absolute atomic E-state index is 12.0. The predicted molar refractivity (Wildman–Crippen MR) is 81.2 cm³/mol. The van der Waals surface area contributed by atoms with Crippen LogP contribution in [0.2, 0.25) is 0 Å². The van der Waals surface area contributed by atoms with E-state index in [0.29, 0.717) is 5.75 Å². The zero-order valence-electron chi connectivity index (χ0n) is 12.1.